The van der Waals surface area contributed by atoms with Crippen molar-refractivity contribution in [1.29, 1.82) is 0 Å². The second-order valence-electron chi connectivity index (χ2n) is 12.9. The number of anilines is 1. The summed E-state index contributed by atoms with van der Waals surface area (Å²) in [5.41, 5.74) is 2.58. The zero-order valence-electron chi connectivity index (χ0n) is 22.4. The lowest BCUT2D eigenvalue weighted by Crippen LogP contribution is -2.83. The molecule has 0 aromatic heterocycles. The Bertz CT molecular complexity index is 921. The van der Waals surface area contributed by atoms with Gasteiger partial charge in [-0.05, 0) is 36.8 Å². The molecule has 1 saturated carbocycles. The molecule has 1 aliphatic carbocycles. The van der Waals surface area contributed by atoms with Crippen LogP contribution in [0, 0.1) is 17.8 Å². The van der Waals surface area contributed by atoms with Crippen LogP contribution in [0.2, 0.25) is 0 Å². The van der Waals surface area contributed by atoms with Gasteiger partial charge in [0.15, 0.2) is 6.23 Å². The molecular formula is C31H49N2O2+. The number of piperidine rings is 4. The maximum Gasteiger partial charge on any atom is 0.194 e. The van der Waals surface area contributed by atoms with Gasteiger partial charge in [0.1, 0.15) is 6.04 Å². The number of rotatable bonds is 11. The summed E-state index contributed by atoms with van der Waals surface area (Å²) in [7, 11) is 2.27. The van der Waals surface area contributed by atoms with Crippen molar-refractivity contribution in [1.82, 2.24) is 0 Å². The van der Waals surface area contributed by atoms with Crippen LogP contribution in [0.15, 0.2) is 24.3 Å². The third-order valence-corrected chi connectivity index (χ3v) is 11.8. The molecule has 1 aromatic carbocycles. The molecule has 1 spiro atoms. The first-order valence-corrected chi connectivity index (χ1v) is 15.1. The molecule has 35 heavy (non-hydrogen) atoms. The lowest BCUT2D eigenvalue weighted by molar-refractivity contribution is -1.04. The van der Waals surface area contributed by atoms with E-state index in [4.69, 9.17) is 0 Å². The van der Waals surface area contributed by atoms with Gasteiger partial charge in [0.25, 0.3) is 0 Å². The lowest BCUT2D eigenvalue weighted by atomic mass is 9.60. The van der Waals surface area contributed by atoms with Gasteiger partial charge in [-0.3, -0.25) is 4.48 Å². The summed E-state index contributed by atoms with van der Waals surface area (Å²) in [6.45, 7) is 5.66. The van der Waals surface area contributed by atoms with E-state index in [1.54, 1.807) is 0 Å². The van der Waals surface area contributed by atoms with Crippen molar-refractivity contribution in [3.05, 3.63) is 29.8 Å². The van der Waals surface area contributed by atoms with Crippen LogP contribution in [-0.4, -0.2) is 58.7 Å². The van der Waals surface area contributed by atoms with Gasteiger partial charge < -0.3 is 15.1 Å². The molecule has 10 atom stereocenters. The Morgan fingerprint density at radius 1 is 0.943 bits per heavy atom. The van der Waals surface area contributed by atoms with E-state index in [0.717, 1.165) is 23.9 Å². The fraction of sp³-hybridized carbons (Fsp3) is 0.806. The summed E-state index contributed by atoms with van der Waals surface area (Å²) in [5, 5.41) is 24.2. The number of hydrogen-bond acceptors (Lipinski definition) is 3. The summed E-state index contributed by atoms with van der Waals surface area (Å²) in [4.78, 5) is 2.52. The number of hydrogen-bond donors (Lipinski definition) is 2. The van der Waals surface area contributed by atoms with Crippen LogP contribution in [0.1, 0.15) is 96.5 Å². The van der Waals surface area contributed by atoms with Crippen molar-refractivity contribution in [2.75, 3.05) is 18.5 Å². The van der Waals surface area contributed by atoms with E-state index >= 15 is 0 Å². The van der Waals surface area contributed by atoms with Gasteiger partial charge in [0.05, 0.1) is 30.1 Å². The van der Waals surface area contributed by atoms with Crippen LogP contribution in [0.5, 0.6) is 0 Å². The molecule has 194 valence electrons. The number of aliphatic hydroxyl groups excluding tert-OH is 2. The molecule has 2 N–H and O–H groups in total. The summed E-state index contributed by atoms with van der Waals surface area (Å²) in [6.07, 6.45) is 14.9. The Labute approximate surface area is 213 Å². The standard InChI is InChI=1S/C31H49N2O2/c1-4-6-7-8-9-10-11-12-15-18-33-25-19-22(21(5-2)30(33)35)27-26(33)20-31(29(27)34)23-16-13-14-17-24(23)32(3)28(25)31/h13-14,16-17,21-22,25-30,34-35H,4-12,15,18-20H2,1-3H3/q+1/t21-,22+,25-,26-,27+,28-,29-,30+,31+,33+/m0/s1. The van der Waals surface area contributed by atoms with Crippen LogP contribution >= 0.6 is 0 Å². The summed E-state index contributed by atoms with van der Waals surface area (Å²) in [5.74, 6) is 1.17. The number of benzene rings is 1. The van der Waals surface area contributed by atoms with Gasteiger partial charge in [0, 0.05) is 37.4 Å². The first-order valence-electron chi connectivity index (χ1n) is 15.1. The van der Waals surface area contributed by atoms with Gasteiger partial charge in [-0.1, -0.05) is 77.0 Å². The molecule has 0 amide bonds. The highest BCUT2D eigenvalue weighted by Crippen LogP contribution is 2.71. The summed E-state index contributed by atoms with van der Waals surface area (Å²) < 4.78 is 0.901. The van der Waals surface area contributed by atoms with Crippen LogP contribution in [0.25, 0.3) is 0 Å². The molecular weight excluding hydrogens is 432 g/mol. The fourth-order valence-electron chi connectivity index (χ4n) is 10.5. The molecule has 4 heteroatoms. The number of quaternary nitrogens is 1. The second-order valence-corrected chi connectivity index (χ2v) is 12.9. The van der Waals surface area contributed by atoms with Gasteiger partial charge in [-0.2, -0.15) is 0 Å². The SMILES string of the molecule is CCCCCCCCCCC[N@@+]12[C@H](O)[C@@H](CC)[C@H]3C[C@H]1[C@@H]1N(C)c4ccccc4[C@]14C[C@H]2[C@@H]3[C@@H]4O. The smallest absolute Gasteiger partial charge is 0.194 e. The first kappa shape index (κ1) is 24.2. The van der Waals surface area contributed by atoms with Crippen molar-refractivity contribution < 1.29 is 14.7 Å². The Hall–Kier alpha value is -1.10. The van der Waals surface area contributed by atoms with Gasteiger partial charge in [0.2, 0.25) is 0 Å². The molecule has 0 radical (unpaired) electrons. The average molecular weight is 482 g/mol. The quantitative estimate of drug-likeness (QED) is 0.319. The molecule has 5 aliphatic heterocycles. The number of unbranched alkanes of at least 4 members (excludes halogenated alkanes) is 8. The van der Waals surface area contributed by atoms with E-state index in [-0.39, 0.29) is 17.7 Å². The minimum Gasteiger partial charge on any atom is -0.392 e. The van der Waals surface area contributed by atoms with Gasteiger partial charge >= 0.3 is 0 Å². The minimum atomic E-state index is -0.275. The Morgan fingerprint density at radius 2 is 1.63 bits per heavy atom. The normalized spacial score (nSPS) is 44.2. The minimum absolute atomic E-state index is 0.136. The van der Waals surface area contributed by atoms with Crippen molar-refractivity contribution in [3.63, 3.8) is 0 Å². The number of aliphatic hydroxyl groups is 2. The Kier molecular flexibility index (Phi) is 6.25. The molecule has 7 rings (SSSR count). The van der Waals surface area contributed by atoms with Crippen molar-refractivity contribution in [3.8, 4) is 0 Å². The summed E-state index contributed by atoms with van der Waals surface area (Å²) >= 11 is 0. The van der Waals surface area contributed by atoms with Crippen LogP contribution in [-0.2, 0) is 5.41 Å². The Balaban J connectivity index is 1.26. The van der Waals surface area contributed by atoms with Crippen LogP contribution in [0.4, 0.5) is 5.69 Å². The molecule has 4 nitrogen and oxygen atoms in total. The molecule has 5 bridgehead atoms. The van der Waals surface area contributed by atoms with Gasteiger partial charge in [-0.15, -0.1) is 0 Å². The molecule has 4 saturated heterocycles. The molecule has 5 fully saturated rings. The van der Waals surface area contributed by atoms with Crippen molar-refractivity contribution in [2.45, 2.75) is 127 Å². The maximum atomic E-state index is 12.2. The van der Waals surface area contributed by atoms with E-state index in [0.29, 0.717) is 35.9 Å². The number of likely N-dealkylation sites (N-methyl/N-ethyl adjacent to an activating group) is 1. The van der Waals surface area contributed by atoms with Crippen LogP contribution < -0.4 is 4.90 Å². The number of para-hydroxylation sites is 1. The van der Waals surface area contributed by atoms with E-state index in [9.17, 15) is 10.2 Å². The highest BCUT2D eigenvalue weighted by atomic mass is 16.3. The molecule has 6 aliphatic rings. The van der Waals surface area contributed by atoms with Crippen molar-refractivity contribution >= 4 is 5.69 Å². The average Bonchev–Trinajstić information content (AvgIpc) is 3.26. The predicted molar refractivity (Wildman–Crippen MR) is 142 cm³/mol. The number of fused-ring (bicyclic) bond motifs is 2. The second kappa shape index (κ2) is 9.03. The van der Waals surface area contributed by atoms with E-state index < -0.39 is 0 Å². The zero-order valence-corrected chi connectivity index (χ0v) is 22.4. The molecule has 1 aromatic rings. The van der Waals surface area contributed by atoms with E-state index in [1.165, 1.54) is 75.5 Å². The largest absolute Gasteiger partial charge is 0.392 e. The molecule has 5 heterocycles. The maximum absolute atomic E-state index is 12.2. The topological polar surface area (TPSA) is 43.7 Å². The first-order chi connectivity index (χ1) is 17.0. The Morgan fingerprint density at radius 3 is 2.34 bits per heavy atom. The van der Waals surface area contributed by atoms with E-state index in [2.05, 4.69) is 50.1 Å². The number of nitrogens with zero attached hydrogens (tertiary/aromatic N) is 2. The third kappa shape index (κ3) is 3.09. The summed E-state index contributed by atoms with van der Waals surface area (Å²) in [6, 6.07) is 10.1. The van der Waals surface area contributed by atoms with Gasteiger partial charge in [-0.25, -0.2) is 0 Å². The fourth-order valence-corrected chi connectivity index (χ4v) is 10.5. The molecule has 0 unspecified atom stereocenters. The zero-order chi connectivity index (χ0) is 24.4. The highest BCUT2D eigenvalue weighted by molar-refractivity contribution is 5.66. The monoisotopic (exact) mass is 481 g/mol. The highest BCUT2D eigenvalue weighted by Gasteiger charge is 2.82. The predicted octanol–water partition coefficient (Wildman–Crippen LogP) is 5.60. The van der Waals surface area contributed by atoms with E-state index in [1.807, 2.05) is 0 Å². The van der Waals surface area contributed by atoms with Crippen molar-refractivity contribution in [2.24, 2.45) is 17.8 Å². The lowest BCUT2D eigenvalue weighted by Gasteiger charge is -2.68. The third-order valence-electron chi connectivity index (χ3n) is 11.8. The van der Waals surface area contributed by atoms with Crippen LogP contribution in [0.3, 0.4) is 0 Å².